The molecule has 2 rings (SSSR count). The van der Waals surface area contributed by atoms with Crippen LogP contribution in [0.1, 0.15) is 43.7 Å². The molecule has 0 atom stereocenters. The lowest BCUT2D eigenvalue weighted by Crippen LogP contribution is -2.39. The molecule has 118 valence electrons. The Balaban J connectivity index is 2.02. The predicted molar refractivity (Wildman–Crippen MR) is 84.2 cm³/mol. The van der Waals surface area contributed by atoms with E-state index in [4.69, 9.17) is 5.11 Å². The Morgan fingerprint density at radius 2 is 1.62 bits per heavy atom. The highest BCUT2D eigenvalue weighted by atomic mass is 32.2. The first kappa shape index (κ1) is 16.5. The Morgan fingerprint density at radius 1 is 1.10 bits per heavy atom. The maximum atomic E-state index is 12.5. The van der Waals surface area contributed by atoms with Crippen LogP contribution in [-0.4, -0.2) is 30.9 Å². The van der Waals surface area contributed by atoms with Crippen molar-refractivity contribution in [3.8, 4) is 0 Å². The summed E-state index contributed by atoms with van der Waals surface area (Å²) in [6.45, 7) is 2.21. The molecule has 1 aliphatic rings. The molecule has 4 nitrogen and oxygen atoms in total. The minimum Gasteiger partial charge on any atom is -0.392 e. The van der Waals surface area contributed by atoms with Gasteiger partial charge in [-0.3, -0.25) is 0 Å². The van der Waals surface area contributed by atoms with Gasteiger partial charge in [0.2, 0.25) is 10.0 Å². The first-order chi connectivity index (χ1) is 9.92. The van der Waals surface area contributed by atoms with Crippen LogP contribution < -0.4 is 0 Å². The molecule has 0 aromatic heterocycles. The van der Waals surface area contributed by atoms with Gasteiger partial charge in [-0.1, -0.05) is 31.2 Å². The molecule has 0 radical (unpaired) electrons. The molecule has 1 saturated carbocycles. The van der Waals surface area contributed by atoms with E-state index >= 15 is 0 Å². The molecule has 0 aliphatic heterocycles. The third-order valence-electron chi connectivity index (χ3n) is 4.49. The normalized spacial score (nSPS) is 23.4. The molecule has 0 heterocycles. The number of hydrogen-bond donors (Lipinski definition) is 1. The van der Waals surface area contributed by atoms with Gasteiger partial charge in [-0.25, -0.2) is 12.7 Å². The molecule has 1 aromatic rings. The Labute approximate surface area is 127 Å². The molecule has 1 N–H and O–H groups in total. The van der Waals surface area contributed by atoms with Crippen molar-refractivity contribution in [1.29, 1.82) is 0 Å². The van der Waals surface area contributed by atoms with E-state index in [0.29, 0.717) is 5.92 Å². The minimum absolute atomic E-state index is 0.0206. The lowest BCUT2D eigenvalue weighted by molar-refractivity contribution is 0.246. The summed E-state index contributed by atoms with van der Waals surface area (Å²) in [6.07, 6.45) is 4.13. The summed E-state index contributed by atoms with van der Waals surface area (Å²) >= 11 is 0. The molecular formula is C16H25NO3S. The second-order valence-electron chi connectivity index (χ2n) is 6.16. The standard InChI is InChI=1S/C16H25NO3S/c1-13-3-9-16(10-4-13)17(2)21(19,20)12-15-7-5-14(11-18)6-8-15/h5-8,13,16,18H,3-4,9-12H2,1-2H3. The average molecular weight is 311 g/mol. The van der Waals surface area contributed by atoms with E-state index in [2.05, 4.69) is 6.92 Å². The average Bonchev–Trinajstić information content (AvgIpc) is 2.48. The van der Waals surface area contributed by atoms with Crippen LogP contribution in [0, 0.1) is 5.92 Å². The number of nitrogens with zero attached hydrogens (tertiary/aromatic N) is 1. The van der Waals surface area contributed by atoms with Crippen molar-refractivity contribution in [3.05, 3.63) is 35.4 Å². The second kappa shape index (κ2) is 6.90. The minimum atomic E-state index is -3.28. The van der Waals surface area contributed by atoms with Gasteiger partial charge in [0, 0.05) is 13.1 Å². The van der Waals surface area contributed by atoms with E-state index < -0.39 is 10.0 Å². The van der Waals surface area contributed by atoms with Gasteiger partial charge in [0.05, 0.1) is 12.4 Å². The van der Waals surface area contributed by atoms with Crippen LogP contribution in [0.3, 0.4) is 0 Å². The molecule has 1 fully saturated rings. The summed E-state index contributed by atoms with van der Waals surface area (Å²) in [5, 5.41) is 9.01. The van der Waals surface area contributed by atoms with Crippen LogP contribution in [0.5, 0.6) is 0 Å². The van der Waals surface area contributed by atoms with E-state index in [1.165, 1.54) is 0 Å². The largest absolute Gasteiger partial charge is 0.392 e. The highest BCUT2D eigenvalue weighted by Crippen LogP contribution is 2.28. The lowest BCUT2D eigenvalue weighted by Gasteiger charge is -2.32. The molecular weight excluding hydrogens is 286 g/mol. The van der Waals surface area contributed by atoms with E-state index in [1.54, 1.807) is 35.6 Å². The zero-order valence-electron chi connectivity index (χ0n) is 12.8. The number of benzene rings is 1. The van der Waals surface area contributed by atoms with E-state index in [1.807, 2.05) is 0 Å². The fraction of sp³-hybridized carbons (Fsp3) is 0.625. The maximum absolute atomic E-state index is 12.5. The first-order valence-electron chi connectivity index (χ1n) is 7.57. The van der Waals surface area contributed by atoms with Gasteiger partial charge in [-0.15, -0.1) is 0 Å². The summed E-state index contributed by atoms with van der Waals surface area (Å²) in [6, 6.07) is 7.24. The Kier molecular flexibility index (Phi) is 5.41. The Morgan fingerprint density at radius 3 is 2.14 bits per heavy atom. The lowest BCUT2D eigenvalue weighted by atomic mass is 9.87. The highest BCUT2D eigenvalue weighted by Gasteiger charge is 2.29. The molecule has 0 unspecified atom stereocenters. The van der Waals surface area contributed by atoms with Gasteiger partial charge < -0.3 is 5.11 Å². The predicted octanol–water partition coefficient (Wildman–Crippen LogP) is 2.52. The van der Waals surface area contributed by atoms with Gasteiger partial charge in [0.15, 0.2) is 0 Å². The van der Waals surface area contributed by atoms with Crippen molar-refractivity contribution >= 4 is 10.0 Å². The molecule has 1 aromatic carbocycles. The summed E-state index contributed by atoms with van der Waals surface area (Å²) in [5.41, 5.74) is 1.56. The van der Waals surface area contributed by atoms with Crippen LogP contribution in [0.15, 0.2) is 24.3 Å². The van der Waals surface area contributed by atoms with Gasteiger partial charge in [-0.2, -0.15) is 0 Å². The van der Waals surface area contributed by atoms with Crippen LogP contribution in [0.2, 0.25) is 0 Å². The number of aliphatic hydroxyl groups is 1. The summed E-state index contributed by atoms with van der Waals surface area (Å²) in [4.78, 5) is 0. The summed E-state index contributed by atoms with van der Waals surface area (Å²) in [7, 11) is -1.57. The van der Waals surface area contributed by atoms with Crippen molar-refractivity contribution in [3.63, 3.8) is 0 Å². The van der Waals surface area contributed by atoms with Crippen LogP contribution in [0.25, 0.3) is 0 Å². The summed E-state index contributed by atoms with van der Waals surface area (Å²) in [5.74, 6) is 0.740. The Bertz CT molecular complexity index is 545. The zero-order chi connectivity index (χ0) is 15.5. The first-order valence-corrected chi connectivity index (χ1v) is 9.17. The van der Waals surface area contributed by atoms with E-state index in [-0.39, 0.29) is 18.4 Å². The molecule has 1 aliphatic carbocycles. The molecule has 0 bridgehead atoms. The number of hydrogen-bond acceptors (Lipinski definition) is 3. The smallest absolute Gasteiger partial charge is 0.218 e. The monoisotopic (exact) mass is 311 g/mol. The van der Waals surface area contributed by atoms with Crippen molar-refractivity contribution in [1.82, 2.24) is 4.31 Å². The topological polar surface area (TPSA) is 57.6 Å². The van der Waals surface area contributed by atoms with Crippen molar-refractivity contribution < 1.29 is 13.5 Å². The third kappa shape index (κ3) is 4.28. The molecule has 0 amide bonds. The zero-order valence-corrected chi connectivity index (χ0v) is 13.6. The van der Waals surface area contributed by atoms with Gasteiger partial charge in [0.25, 0.3) is 0 Å². The number of aliphatic hydroxyl groups excluding tert-OH is 1. The van der Waals surface area contributed by atoms with Gasteiger partial charge in [-0.05, 0) is 42.7 Å². The van der Waals surface area contributed by atoms with Crippen molar-refractivity contribution in [2.24, 2.45) is 5.92 Å². The number of rotatable bonds is 5. The van der Waals surface area contributed by atoms with E-state index in [0.717, 1.165) is 36.8 Å². The highest BCUT2D eigenvalue weighted by molar-refractivity contribution is 7.88. The maximum Gasteiger partial charge on any atom is 0.218 e. The third-order valence-corrected chi connectivity index (χ3v) is 6.37. The fourth-order valence-corrected chi connectivity index (χ4v) is 4.37. The van der Waals surface area contributed by atoms with E-state index in [9.17, 15) is 8.42 Å². The number of sulfonamides is 1. The Hall–Kier alpha value is -0.910. The second-order valence-corrected chi connectivity index (χ2v) is 8.19. The van der Waals surface area contributed by atoms with Gasteiger partial charge >= 0.3 is 0 Å². The molecule has 5 heteroatoms. The SMILES string of the molecule is CC1CCC(N(C)S(=O)(=O)Cc2ccc(CO)cc2)CC1. The van der Waals surface area contributed by atoms with Crippen molar-refractivity contribution in [2.45, 2.75) is 51.0 Å². The van der Waals surface area contributed by atoms with Crippen LogP contribution in [-0.2, 0) is 22.4 Å². The molecule has 0 spiro atoms. The molecule has 0 saturated heterocycles. The summed E-state index contributed by atoms with van der Waals surface area (Å²) < 4.78 is 26.6. The fourth-order valence-electron chi connectivity index (χ4n) is 2.89. The van der Waals surface area contributed by atoms with Crippen LogP contribution >= 0.6 is 0 Å². The van der Waals surface area contributed by atoms with Gasteiger partial charge in [0.1, 0.15) is 0 Å². The quantitative estimate of drug-likeness (QED) is 0.909. The van der Waals surface area contributed by atoms with Crippen LogP contribution in [0.4, 0.5) is 0 Å². The molecule has 21 heavy (non-hydrogen) atoms. The van der Waals surface area contributed by atoms with Crippen molar-refractivity contribution in [2.75, 3.05) is 7.05 Å².